The van der Waals surface area contributed by atoms with Crippen LogP contribution in [0.25, 0.3) is 0 Å². The molecule has 40 heavy (non-hydrogen) atoms. The minimum Gasteiger partial charge on any atom is -0.345 e. The molecule has 1 aliphatic carbocycles. The van der Waals surface area contributed by atoms with E-state index in [1.54, 1.807) is 18.2 Å². The highest BCUT2D eigenvalue weighted by Gasteiger charge is 2.53. The van der Waals surface area contributed by atoms with Gasteiger partial charge in [0.1, 0.15) is 17.2 Å². The van der Waals surface area contributed by atoms with Gasteiger partial charge < -0.3 is 10.2 Å². The molecule has 2 heterocycles. The summed E-state index contributed by atoms with van der Waals surface area (Å²) in [5.41, 5.74) is 1.32. The van der Waals surface area contributed by atoms with Crippen molar-refractivity contribution in [1.82, 2.24) is 30.8 Å². The molecular formula is C29H33ClFN7O2. The van der Waals surface area contributed by atoms with Crippen molar-refractivity contribution in [3.8, 4) is 0 Å². The third-order valence-electron chi connectivity index (χ3n) is 7.71. The first-order valence-corrected chi connectivity index (χ1v) is 14.1. The second kappa shape index (κ2) is 11.4. The minimum atomic E-state index is -0.733. The first-order chi connectivity index (χ1) is 19.2. The molecule has 1 spiro atoms. The zero-order valence-electron chi connectivity index (χ0n) is 22.8. The number of carbonyl (C=O) groups is 2. The van der Waals surface area contributed by atoms with Crippen LogP contribution in [0, 0.1) is 17.7 Å². The van der Waals surface area contributed by atoms with E-state index in [2.05, 4.69) is 46.7 Å². The number of aromatic nitrogens is 4. The highest BCUT2D eigenvalue weighted by Crippen LogP contribution is 2.48. The van der Waals surface area contributed by atoms with Crippen molar-refractivity contribution in [3.63, 3.8) is 0 Å². The van der Waals surface area contributed by atoms with Crippen molar-refractivity contribution in [1.29, 1.82) is 0 Å². The monoisotopic (exact) mass is 565 g/mol. The van der Waals surface area contributed by atoms with Crippen LogP contribution in [0.4, 0.5) is 4.39 Å². The van der Waals surface area contributed by atoms with E-state index in [1.807, 2.05) is 17.0 Å². The van der Waals surface area contributed by atoms with Gasteiger partial charge in [-0.3, -0.25) is 14.6 Å². The van der Waals surface area contributed by atoms with Gasteiger partial charge in [-0.15, -0.1) is 10.2 Å². The van der Waals surface area contributed by atoms with E-state index in [0.29, 0.717) is 35.2 Å². The number of carbonyl (C=O) groups excluding carboxylic acids is 2. The second-order valence-electron chi connectivity index (χ2n) is 11.1. The van der Waals surface area contributed by atoms with Crippen LogP contribution in [-0.4, -0.2) is 48.7 Å². The Morgan fingerprint density at radius 3 is 2.55 bits per heavy atom. The van der Waals surface area contributed by atoms with E-state index in [0.717, 1.165) is 31.2 Å². The molecule has 3 atom stereocenters. The molecule has 2 unspecified atom stereocenters. The minimum absolute atomic E-state index is 0.154. The summed E-state index contributed by atoms with van der Waals surface area (Å²) >= 11 is 6.17. The standard InChI is InChI=1S/C29H33ClFN7O2/c1-4-5-24(19-6-8-20(9-7-19)27(39)32-16-25-34-36-37-35-25)38-28(40)26(21-11-22(30)13-23(31)12-21)33-29(38)14-17(2)10-18(3)15-29/h6-9,11-13,17-18,24H,4-5,10,14-16H2,1-3H3,(H,32,39)(H,34,35,36,37)/t17?,18?,24-,29?/m1/s1. The van der Waals surface area contributed by atoms with Crippen LogP contribution in [0.2, 0.25) is 5.02 Å². The molecule has 2 amide bonds. The van der Waals surface area contributed by atoms with Crippen LogP contribution >= 0.6 is 11.6 Å². The number of aromatic amines is 1. The first kappa shape index (κ1) is 27.9. The second-order valence-corrected chi connectivity index (χ2v) is 11.5. The summed E-state index contributed by atoms with van der Waals surface area (Å²) in [5.74, 6) is 0.131. The largest absolute Gasteiger partial charge is 0.345 e. The number of amides is 2. The van der Waals surface area contributed by atoms with Gasteiger partial charge in [0.15, 0.2) is 5.82 Å². The fourth-order valence-corrected chi connectivity index (χ4v) is 6.58. The summed E-state index contributed by atoms with van der Waals surface area (Å²) in [5, 5.41) is 16.5. The number of nitrogens with zero attached hydrogens (tertiary/aromatic N) is 5. The smallest absolute Gasteiger partial charge is 0.275 e. The Hall–Kier alpha value is -3.66. The Kier molecular flexibility index (Phi) is 7.98. The summed E-state index contributed by atoms with van der Waals surface area (Å²) in [4.78, 5) is 34.0. The number of hydrogen-bond donors (Lipinski definition) is 2. The Morgan fingerprint density at radius 1 is 1.20 bits per heavy atom. The lowest BCUT2D eigenvalue weighted by atomic mass is 9.75. The maximum Gasteiger partial charge on any atom is 0.275 e. The molecular weight excluding hydrogens is 533 g/mol. The Bertz CT molecular complexity index is 1380. The number of tetrazole rings is 1. The number of aliphatic imine (C=N–C) groups is 1. The molecule has 0 radical (unpaired) electrons. The molecule has 2 aliphatic rings. The maximum atomic E-state index is 14.3. The lowest BCUT2D eigenvalue weighted by Crippen LogP contribution is -2.52. The summed E-state index contributed by atoms with van der Waals surface area (Å²) in [6, 6.07) is 11.2. The predicted octanol–water partition coefficient (Wildman–Crippen LogP) is 5.25. The van der Waals surface area contributed by atoms with Gasteiger partial charge in [-0.1, -0.05) is 56.1 Å². The molecule has 0 saturated heterocycles. The molecule has 2 N–H and O–H groups in total. The van der Waals surface area contributed by atoms with Gasteiger partial charge in [-0.05, 0) is 73.4 Å². The first-order valence-electron chi connectivity index (χ1n) is 13.7. The zero-order chi connectivity index (χ0) is 28.4. The lowest BCUT2D eigenvalue weighted by Gasteiger charge is -2.47. The molecule has 11 heteroatoms. The zero-order valence-corrected chi connectivity index (χ0v) is 23.6. The van der Waals surface area contributed by atoms with Gasteiger partial charge in [-0.25, -0.2) is 4.39 Å². The van der Waals surface area contributed by atoms with E-state index in [-0.39, 0.29) is 35.1 Å². The van der Waals surface area contributed by atoms with Crippen molar-refractivity contribution >= 4 is 29.1 Å². The fraction of sp³-hybridized carbons (Fsp3) is 0.448. The summed E-state index contributed by atoms with van der Waals surface area (Å²) in [7, 11) is 0. The molecule has 0 bridgehead atoms. The van der Waals surface area contributed by atoms with E-state index >= 15 is 0 Å². The average molecular weight is 566 g/mol. The molecule has 5 rings (SSSR count). The third-order valence-corrected chi connectivity index (χ3v) is 7.93. The van der Waals surface area contributed by atoms with E-state index in [4.69, 9.17) is 16.6 Å². The number of hydrogen-bond acceptors (Lipinski definition) is 6. The van der Waals surface area contributed by atoms with Crippen LogP contribution in [0.5, 0.6) is 0 Å². The number of H-pyrrole nitrogens is 1. The van der Waals surface area contributed by atoms with Crippen LogP contribution in [0.15, 0.2) is 47.5 Å². The molecule has 3 aromatic rings. The van der Waals surface area contributed by atoms with E-state index in [1.165, 1.54) is 12.1 Å². The van der Waals surface area contributed by atoms with Crippen LogP contribution in [-0.2, 0) is 11.3 Å². The number of benzene rings is 2. The summed E-state index contributed by atoms with van der Waals surface area (Å²) < 4.78 is 14.3. The Morgan fingerprint density at radius 2 is 1.93 bits per heavy atom. The third kappa shape index (κ3) is 5.63. The lowest BCUT2D eigenvalue weighted by molar-refractivity contribution is -0.134. The Labute approximate surface area is 237 Å². The van der Waals surface area contributed by atoms with E-state index in [9.17, 15) is 14.0 Å². The molecule has 210 valence electrons. The average Bonchev–Trinajstić information content (AvgIpc) is 3.51. The van der Waals surface area contributed by atoms with Crippen molar-refractivity contribution in [2.45, 2.75) is 71.1 Å². The highest BCUT2D eigenvalue weighted by molar-refractivity contribution is 6.47. The number of nitrogens with one attached hydrogen (secondary N) is 2. The van der Waals surface area contributed by atoms with Crippen molar-refractivity contribution in [3.05, 3.63) is 75.8 Å². The van der Waals surface area contributed by atoms with Gasteiger partial charge in [0.25, 0.3) is 11.8 Å². The van der Waals surface area contributed by atoms with Gasteiger partial charge in [-0.2, -0.15) is 5.21 Å². The van der Waals surface area contributed by atoms with Crippen LogP contribution in [0.1, 0.15) is 86.2 Å². The van der Waals surface area contributed by atoms with Crippen molar-refractivity contribution in [2.75, 3.05) is 0 Å². The highest BCUT2D eigenvalue weighted by atomic mass is 35.5. The topological polar surface area (TPSA) is 116 Å². The normalized spacial score (nSPS) is 23.4. The molecule has 1 saturated carbocycles. The van der Waals surface area contributed by atoms with Gasteiger partial charge in [0.05, 0.1) is 12.6 Å². The van der Waals surface area contributed by atoms with Gasteiger partial charge in [0.2, 0.25) is 0 Å². The SMILES string of the molecule is CCC[C@H](c1ccc(C(=O)NCc2nn[nH]n2)cc1)N1C(=O)C(c2cc(F)cc(Cl)c2)=NC12CC(C)CC(C)C2. The summed E-state index contributed by atoms with van der Waals surface area (Å²) in [6.07, 6.45) is 4.07. The molecule has 1 aromatic heterocycles. The van der Waals surface area contributed by atoms with E-state index < -0.39 is 11.5 Å². The van der Waals surface area contributed by atoms with Gasteiger partial charge >= 0.3 is 0 Å². The van der Waals surface area contributed by atoms with Crippen molar-refractivity contribution < 1.29 is 14.0 Å². The molecule has 1 aliphatic heterocycles. The quantitative estimate of drug-likeness (QED) is 0.387. The van der Waals surface area contributed by atoms with Crippen molar-refractivity contribution in [2.24, 2.45) is 16.8 Å². The predicted molar refractivity (Wildman–Crippen MR) is 149 cm³/mol. The van der Waals surface area contributed by atoms with Crippen LogP contribution < -0.4 is 5.32 Å². The van der Waals surface area contributed by atoms with Gasteiger partial charge in [0, 0.05) is 16.1 Å². The fourth-order valence-electron chi connectivity index (χ4n) is 6.36. The van der Waals surface area contributed by atoms with Crippen LogP contribution in [0.3, 0.4) is 0 Å². The maximum absolute atomic E-state index is 14.3. The molecule has 2 aromatic carbocycles. The number of halogens is 2. The summed E-state index contributed by atoms with van der Waals surface area (Å²) in [6.45, 7) is 6.63. The molecule has 9 nitrogen and oxygen atoms in total. The Balaban J connectivity index is 1.48. The molecule has 1 fully saturated rings. The number of rotatable bonds is 8.